The van der Waals surface area contributed by atoms with E-state index < -0.39 is 8.56 Å². The summed E-state index contributed by atoms with van der Waals surface area (Å²) in [6, 6.07) is 2.18. The van der Waals surface area contributed by atoms with Crippen LogP contribution in [0.5, 0.6) is 0 Å². The summed E-state index contributed by atoms with van der Waals surface area (Å²) in [5.41, 5.74) is 0. The fourth-order valence-electron chi connectivity index (χ4n) is 1.96. The zero-order valence-electron chi connectivity index (χ0n) is 12.6. The van der Waals surface area contributed by atoms with Gasteiger partial charge in [0.25, 0.3) is 0 Å². The first-order valence-electron chi connectivity index (χ1n) is 7.13. The average molecular weight is 277 g/mol. The molecule has 0 aromatic rings. The van der Waals surface area contributed by atoms with Gasteiger partial charge in [-0.05, 0) is 32.0 Å². The van der Waals surface area contributed by atoms with Crippen molar-refractivity contribution < 1.29 is 13.6 Å². The van der Waals surface area contributed by atoms with E-state index in [0.717, 1.165) is 44.8 Å². The molecule has 0 spiro atoms. The maximum atomic E-state index is 5.70. The molecule has 0 aromatic carbocycles. The zero-order valence-corrected chi connectivity index (χ0v) is 13.6. The van der Waals surface area contributed by atoms with Crippen LogP contribution in [0.15, 0.2) is 0 Å². The Morgan fingerprint density at radius 3 is 2.17 bits per heavy atom. The number of ether oxygens (including phenoxy) is 1. The Balaban J connectivity index is 3.69. The van der Waals surface area contributed by atoms with Crippen molar-refractivity contribution in [2.45, 2.75) is 45.2 Å². The molecule has 1 N–H and O–H groups in total. The van der Waals surface area contributed by atoms with Gasteiger partial charge in [0, 0.05) is 27.4 Å². The van der Waals surface area contributed by atoms with Crippen LogP contribution in [0.25, 0.3) is 0 Å². The van der Waals surface area contributed by atoms with Crippen molar-refractivity contribution in [3.8, 4) is 0 Å². The maximum Gasteiger partial charge on any atom is 0.337 e. The predicted octanol–water partition coefficient (Wildman–Crippen LogP) is 2.54. The third-order valence-corrected chi connectivity index (χ3v) is 6.91. The second-order valence-electron chi connectivity index (χ2n) is 4.47. The molecule has 0 saturated heterocycles. The Labute approximate surface area is 114 Å². The van der Waals surface area contributed by atoms with E-state index in [1.165, 1.54) is 12.8 Å². The normalized spacial score (nSPS) is 12.0. The van der Waals surface area contributed by atoms with E-state index >= 15 is 0 Å². The molecule has 0 fully saturated rings. The first-order chi connectivity index (χ1) is 8.74. The molecule has 0 aliphatic heterocycles. The Hall–Kier alpha value is 0.0569. The highest BCUT2D eigenvalue weighted by molar-refractivity contribution is 6.67. The summed E-state index contributed by atoms with van der Waals surface area (Å²) in [6.07, 6.45) is 3.52. The van der Waals surface area contributed by atoms with Gasteiger partial charge in [-0.1, -0.05) is 19.8 Å². The molecule has 5 heteroatoms. The Bertz CT molecular complexity index is 178. The van der Waals surface area contributed by atoms with Gasteiger partial charge in [0.2, 0.25) is 0 Å². The number of unbranched alkanes of at least 4 members (excludes halogenated alkanes) is 1. The van der Waals surface area contributed by atoms with Gasteiger partial charge in [-0.2, -0.15) is 0 Å². The van der Waals surface area contributed by atoms with Crippen molar-refractivity contribution >= 4 is 8.56 Å². The zero-order chi connectivity index (χ0) is 13.7. The van der Waals surface area contributed by atoms with Crippen LogP contribution in [-0.4, -0.2) is 49.1 Å². The van der Waals surface area contributed by atoms with Crippen LogP contribution in [0.1, 0.15) is 33.1 Å². The first-order valence-corrected chi connectivity index (χ1v) is 9.36. The lowest BCUT2D eigenvalue weighted by atomic mass is 10.4. The number of rotatable bonds is 13. The van der Waals surface area contributed by atoms with Crippen LogP contribution in [0.3, 0.4) is 0 Å². The van der Waals surface area contributed by atoms with Gasteiger partial charge in [0.05, 0.1) is 6.61 Å². The molecule has 0 radical (unpaired) electrons. The van der Waals surface area contributed by atoms with E-state index in [1.54, 1.807) is 14.2 Å². The SMILES string of the molecule is CCCC[Si](CCCNCCOCC)(OC)OC. The minimum Gasteiger partial charge on any atom is -0.398 e. The third-order valence-electron chi connectivity index (χ3n) is 3.19. The van der Waals surface area contributed by atoms with Gasteiger partial charge >= 0.3 is 8.56 Å². The van der Waals surface area contributed by atoms with E-state index in [2.05, 4.69) is 12.2 Å². The lowest BCUT2D eigenvalue weighted by Crippen LogP contribution is -2.40. The minimum atomic E-state index is -1.91. The molecule has 0 heterocycles. The van der Waals surface area contributed by atoms with Crippen molar-refractivity contribution in [1.82, 2.24) is 5.32 Å². The third kappa shape index (κ3) is 8.21. The van der Waals surface area contributed by atoms with Gasteiger partial charge in [-0.15, -0.1) is 0 Å². The van der Waals surface area contributed by atoms with Crippen molar-refractivity contribution in [2.75, 3.05) is 40.5 Å². The van der Waals surface area contributed by atoms with E-state index in [9.17, 15) is 0 Å². The van der Waals surface area contributed by atoms with Crippen molar-refractivity contribution in [2.24, 2.45) is 0 Å². The second-order valence-corrected chi connectivity index (χ2v) is 8.11. The molecule has 0 saturated carbocycles. The van der Waals surface area contributed by atoms with Crippen LogP contribution < -0.4 is 5.32 Å². The van der Waals surface area contributed by atoms with Crippen LogP contribution >= 0.6 is 0 Å². The van der Waals surface area contributed by atoms with Gasteiger partial charge in [0.1, 0.15) is 0 Å². The summed E-state index contributed by atoms with van der Waals surface area (Å²) in [7, 11) is 1.69. The molecule has 0 unspecified atom stereocenters. The lowest BCUT2D eigenvalue weighted by Gasteiger charge is -2.27. The largest absolute Gasteiger partial charge is 0.398 e. The predicted molar refractivity (Wildman–Crippen MR) is 78.3 cm³/mol. The van der Waals surface area contributed by atoms with E-state index in [1.807, 2.05) is 6.92 Å². The van der Waals surface area contributed by atoms with Crippen molar-refractivity contribution in [3.63, 3.8) is 0 Å². The molecular weight excluding hydrogens is 246 g/mol. The molecule has 4 nitrogen and oxygen atoms in total. The smallest absolute Gasteiger partial charge is 0.337 e. The molecule has 0 aliphatic carbocycles. The van der Waals surface area contributed by atoms with Crippen LogP contribution in [0.2, 0.25) is 12.1 Å². The summed E-state index contributed by atoms with van der Waals surface area (Å²) in [6.45, 7) is 7.76. The van der Waals surface area contributed by atoms with Crippen LogP contribution in [0.4, 0.5) is 0 Å². The molecule has 0 aromatic heterocycles. The quantitative estimate of drug-likeness (QED) is 0.415. The molecule has 0 atom stereocenters. The highest BCUT2D eigenvalue weighted by atomic mass is 28.4. The van der Waals surface area contributed by atoms with Crippen molar-refractivity contribution in [1.29, 1.82) is 0 Å². The monoisotopic (exact) mass is 277 g/mol. The van der Waals surface area contributed by atoms with Crippen LogP contribution in [-0.2, 0) is 13.6 Å². The van der Waals surface area contributed by atoms with Crippen molar-refractivity contribution in [3.05, 3.63) is 0 Å². The van der Waals surface area contributed by atoms with E-state index in [4.69, 9.17) is 13.6 Å². The fraction of sp³-hybridized carbons (Fsp3) is 1.00. The number of nitrogens with one attached hydrogen (secondary N) is 1. The molecule has 110 valence electrons. The Morgan fingerprint density at radius 1 is 0.944 bits per heavy atom. The highest BCUT2D eigenvalue weighted by Gasteiger charge is 2.33. The molecule has 0 amide bonds. The molecular formula is C13H31NO3Si. The standard InChI is InChI=1S/C13H31NO3Si/c1-5-7-12-18(15-3,16-4)13-8-9-14-10-11-17-6-2/h14H,5-13H2,1-4H3. The fourth-order valence-corrected chi connectivity index (χ4v) is 4.80. The number of hydrogen-bond acceptors (Lipinski definition) is 4. The molecule has 18 heavy (non-hydrogen) atoms. The van der Waals surface area contributed by atoms with Gasteiger partial charge < -0.3 is 18.9 Å². The summed E-state index contributed by atoms with van der Waals surface area (Å²) in [5.74, 6) is 0. The topological polar surface area (TPSA) is 39.7 Å². The lowest BCUT2D eigenvalue weighted by molar-refractivity contribution is 0.149. The van der Waals surface area contributed by atoms with E-state index in [-0.39, 0.29) is 0 Å². The minimum absolute atomic E-state index is 0.794. The summed E-state index contributed by atoms with van der Waals surface area (Å²) in [5, 5.41) is 3.38. The first kappa shape index (κ1) is 18.1. The van der Waals surface area contributed by atoms with Gasteiger partial charge in [-0.3, -0.25) is 0 Å². The Morgan fingerprint density at radius 2 is 1.61 bits per heavy atom. The average Bonchev–Trinajstić information content (AvgIpc) is 2.42. The maximum absolute atomic E-state index is 5.70. The molecule has 0 bridgehead atoms. The summed E-state index contributed by atoms with van der Waals surface area (Å²) < 4.78 is 16.7. The van der Waals surface area contributed by atoms with Crippen LogP contribution in [0, 0.1) is 0 Å². The summed E-state index contributed by atoms with van der Waals surface area (Å²) >= 11 is 0. The highest BCUT2D eigenvalue weighted by Crippen LogP contribution is 2.21. The molecule has 0 rings (SSSR count). The van der Waals surface area contributed by atoms with E-state index in [0.29, 0.717) is 0 Å². The van der Waals surface area contributed by atoms with Gasteiger partial charge in [-0.25, -0.2) is 0 Å². The Kier molecular flexibility index (Phi) is 12.1. The second kappa shape index (κ2) is 12.1. The van der Waals surface area contributed by atoms with Gasteiger partial charge in [0.15, 0.2) is 0 Å². The summed E-state index contributed by atoms with van der Waals surface area (Å²) in [4.78, 5) is 0. The molecule has 0 aliphatic rings. The number of hydrogen-bond donors (Lipinski definition) is 1.